The summed E-state index contributed by atoms with van der Waals surface area (Å²) in [4.78, 5) is 0. The number of nitrogens with one attached hydrogen (secondary N) is 1. The van der Waals surface area contributed by atoms with E-state index in [0.29, 0.717) is 5.41 Å². The van der Waals surface area contributed by atoms with Gasteiger partial charge in [-0.3, -0.25) is 0 Å². The van der Waals surface area contributed by atoms with Crippen molar-refractivity contribution in [3.63, 3.8) is 0 Å². The molecule has 1 heteroatoms. The minimum absolute atomic E-state index is 0.561. The summed E-state index contributed by atoms with van der Waals surface area (Å²) in [6.07, 6.45) is 4.10. The summed E-state index contributed by atoms with van der Waals surface area (Å²) in [5.74, 6) is 0.899. The van der Waals surface area contributed by atoms with Gasteiger partial charge in [-0.2, -0.15) is 0 Å². The van der Waals surface area contributed by atoms with E-state index in [1.54, 1.807) is 0 Å². The highest BCUT2D eigenvalue weighted by Crippen LogP contribution is 2.38. The van der Waals surface area contributed by atoms with Crippen molar-refractivity contribution in [3.8, 4) is 0 Å². The Kier molecular flexibility index (Phi) is 2.58. The van der Waals surface area contributed by atoms with Crippen molar-refractivity contribution < 1.29 is 0 Å². The summed E-state index contributed by atoms with van der Waals surface area (Å²) in [5.41, 5.74) is 0.561. The fraction of sp³-hybridized carbons (Fsp3) is 1.00. The summed E-state index contributed by atoms with van der Waals surface area (Å²) >= 11 is 0. The van der Waals surface area contributed by atoms with Crippen molar-refractivity contribution in [1.29, 1.82) is 0 Å². The van der Waals surface area contributed by atoms with Crippen molar-refractivity contribution in [2.45, 2.75) is 46.1 Å². The molecule has 1 aliphatic rings. The molecule has 1 aliphatic carbocycles. The highest BCUT2D eigenvalue weighted by Gasteiger charge is 2.30. The second kappa shape index (κ2) is 3.14. The molecule has 0 saturated heterocycles. The first kappa shape index (κ1) is 9.05. The number of hydrogen-bond donors (Lipinski definition) is 1. The van der Waals surface area contributed by atoms with Crippen LogP contribution in [0.3, 0.4) is 0 Å². The van der Waals surface area contributed by atoms with Gasteiger partial charge >= 0.3 is 0 Å². The fourth-order valence-electron chi connectivity index (χ4n) is 2.57. The largest absolute Gasteiger partial charge is 0.317 e. The molecule has 0 amide bonds. The molecule has 1 fully saturated rings. The summed E-state index contributed by atoms with van der Waals surface area (Å²) in [7, 11) is 2.08. The van der Waals surface area contributed by atoms with Gasteiger partial charge in [0.15, 0.2) is 0 Å². The third kappa shape index (κ3) is 2.48. The second-order valence-electron chi connectivity index (χ2n) is 4.90. The van der Waals surface area contributed by atoms with Crippen LogP contribution in [0.2, 0.25) is 0 Å². The van der Waals surface area contributed by atoms with Crippen LogP contribution < -0.4 is 5.32 Å². The zero-order chi connectivity index (χ0) is 8.48. The van der Waals surface area contributed by atoms with Crippen LogP contribution in [0.5, 0.6) is 0 Å². The van der Waals surface area contributed by atoms with E-state index in [1.165, 1.54) is 19.3 Å². The molecule has 66 valence electrons. The van der Waals surface area contributed by atoms with Crippen molar-refractivity contribution in [2.24, 2.45) is 11.3 Å². The number of hydrogen-bond acceptors (Lipinski definition) is 1. The van der Waals surface area contributed by atoms with Crippen molar-refractivity contribution >= 4 is 0 Å². The van der Waals surface area contributed by atoms with Crippen molar-refractivity contribution in [2.75, 3.05) is 7.05 Å². The van der Waals surface area contributed by atoms with Crippen molar-refractivity contribution in [3.05, 3.63) is 0 Å². The Morgan fingerprint density at radius 1 is 1.27 bits per heavy atom. The molecule has 0 radical (unpaired) electrons. The van der Waals surface area contributed by atoms with Gasteiger partial charge in [0.05, 0.1) is 0 Å². The molecule has 0 bridgehead atoms. The molecule has 0 aromatic heterocycles. The van der Waals surface area contributed by atoms with Crippen LogP contribution in [0.25, 0.3) is 0 Å². The van der Waals surface area contributed by atoms with Gasteiger partial charge in [-0.1, -0.05) is 20.8 Å². The van der Waals surface area contributed by atoms with Gasteiger partial charge < -0.3 is 5.32 Å². The third-order valence-electron chi connectivity index (χ3n) is 2.80. The summed E-state index contributed by atoms with van der Waals surface area (Å²) in [5, 5.41) is 3.39. The predicted octanol–water partition coefficient (Wildman–Crippen LogP) is 2.42. The zero-order valence-corrected chi connectivity index (χ0v) is 8.28. The van der Waals surface area contributed by atoms with Crippen LogP contribution in [0.15, 0.2) is 0 Å². The Bertz CT molecular complexity index is 129. The van der Waals surface area contributed by atoms with Gasteiger partial charge in [0.25, 0.3) is 0 Å². The average Bonchev–Trinajstić information content (AvgIpc) is 1.83. The van der Waals surface area contributed by atoms with Crippen LogP contribution in [-0.2, 0) is 0 Å². The van der Waals surface area contributed by atoms with E-state index >= 15 is 0 Å². The lowest BCUT2D eigenvalue weighted by atomic mass is 9.71. The van der Waals surface area contributed by atoms with E-state index in [4.69, 9.17) is 0 Å². The Balaban J connectivity index is 2.51. The van der Waals surface area contributed by atoms with Gasteiger partial charge in [-0.05, 0) is 37.6 Å². The molecule has 2 atom stereocenters. The molecule has 0 aliphatic heterocycles. The van der Waals surface area contributed by atoms with Gasteiger partial charge in [0.2, 0.25) is 0 Å². The maximum absolute atomic E-state index is 3.39. The van der Waals surface area contributed by atoms with E-state index in [-0.39, 0.29) is 0 Å². The monoisotopic (exact) mass is 155 g/mol. The van der Waals surface area contributed by atoms with Crippen LogP contribution in [0.1, 0.15) is 40.0 Å². The lowest BCUT2D eigenvalue weighted by Gasteiger charge is -2.38. The molecule has 0 aromatic rings. The average molecular weight is 155 g/mol. The highest BCUT2D eigenvalue weighted by molar-refractivity contribution is 4.85. The highest BCUT2D eigenvalue weighted by atomic mass is 14.9. The molecular weight excluding hydrogens is 134 g/mol. The molecule has 1 rings (SSSR count). The Morgan fingerprint density at radius 3 is 2.36 bits per heavy atom. The Hall–Kier alpha value is -0.0400. The topological polar surface area (TPSA) is 12.0 Å². The van der Waals surface area contributed by atoms with E-state index < -0.39 is 0 Å². The lowest BCUT2D eigenvalue weighted by Crippen LogP contribution is -2.38. The third-order valence-corrected chi connectivity index (χ3v) is 2.80. The predicted molar refractivity (Wildman–Crippen MR) is 49.6 cm³/mol. The van der Waals surface area contributed by atoms with E-state index in [1.807, 2.05) is 0 Å². The normalized spacial score (nSPS) is 37.1. The first-order chi connectivity index (χ1) is 5.03. The Morgan fingerprint density at radius 2 is 1.91 bits per heavy atom. The SMILES string of the molecule is CN[C@@H]1C[C@H](C)CC(C)(C)C1. The van der Waals surface area contributed by atoms with Gasteiger partial charge in [-0.25, -0.2) is 0 Å². The summed E-state index contributed by atoms with van der Waals surface area (Å²) in [6.45, 7) is 7.13. The molecular formula is C10H21N. The zero-order valence-electron chi connectivity index (χ0n) is 8.28. The molecule has 1 N–H and O–H groups in total. The van der Waals surface area contributed by atoms with Crippen LogP contribution >= 0.6 is 0 Å². The first-order valence-electron chi connectivity index (χ1n) is 4.71. The molecule has 0 unspecified atom stereocenters. The maximum Gasteiger partial charge on any atom is 0.00716 e. The second-order valence-corrected chi connectivity index (χ2v) is 4.90. The van der Waals surface area contributed by atoms with Gasteiger partial charge in [0.1, 0.15) is 0 Å². The summed E-state index contributed by atoms with van der Waals surface area (Å²) in [6, 6.07) is 0.758. The van der Waals surface area contributed by atoms with Crippen LogP contribution in [0, 0.1) is 11.3 Å². The van der Waals surface area contributed by atoms with E-state index in [0.717, 1.165) is 12.0 Å². The Labute approximate surface area is 70.6 Å². The summed E-state index contributed by atoms with van der Waals surface area (Å²) < 4.78 is 0. The molecule has 1 nitrogen and oxygen atoms in total. The van der Waals surface area contributed by atoms with E-state index in [2.05, 4.69) is 33.1 Å². The maximum atomic E-state index is 3.39. The van der Waals surface area contributed by atoms with Crippen LogP contribution in [-0.4, -0.2) is 13.1 Å². The molecule has 1 saturated carbocycles. The molecule has 0 heterocycles. The van der Waals surface area contributed by atoms with Crippen LogP contribution in [0.4, 0.5) is 0 Å². The smallest absolute Gasteiger partial charge is 0.00716 e. The fourth-order valence-corrected chi connectivity index (χ4v) is 2.57. The standard InChI is InChI=1S/C10H21N/c1-8-5-9(11-4)7-10(2,3)6-8/h8-9,11H,5-7H2,1-4H3/t8-,9+/m0/s1. The van der Waals surface area contributed by atoms with Crippen molar-refractivity contribution in [1.82, 2.24) is 5.32 Å². The number of rotatable bonds is 1. The lowest BCUT2D eigenvalue weighted by molar-refractivity contribution is 0.156. The van der Waals surface area contributed by atoms with E-state index in [9.17, 15) is 0 Å². The minimum atomic E-state index is 0.561. The molecule has 11 heavy (non-hydrogen) atoms. The minimum Gasteiger partial charge on any atom is -0.317 e. The molecule has 0 spiro atoms. The first-order valence-corrected chi connectivity index (χ1v) is 4.71. The molecule has 0 aromatic carbocycles. The van der Waals surface area contributed by atoms with Gasteiger partial charge in [-0.15, -0.1) is 0 Å². The quantitative estimate of drug-likeness (QED) is 0.613. The van der Waals surface area contributed by atoms with Gasteiger partial charge in [0, 0.05) is 6.04 Å².